The van der Waals surface area contributed by atoms with E-state index in [2.05, 4.69) is 20.9 Å². The highest BCUT2D eigenvalue weighted by atomic mass is 79.9. The minimum absolute atomic E-state index is 0.0000231. The number of ether oxygens (including phenoxy) is 3. The van der Waals surface area contributed by atoms with Gasteiger partial charge in [0, 0.05) is 21.9 Å². The third-order valence-electron chi connectivity index (χ3n) is 5.67. The van der Waals surface area contributed by atoms with E-state index in [1.807, 2.05) is 43.0 Å². The van der Waals surface area contributed by atoms with E-state index in [0.29, 0.717) is 45.8 Å². The van der Waals surface area contributed by atoms with Gasteiger partial charge < -0.3 is 19.1 Å². The summed E-state index contributed by atoms with van der Waals surface area (Å²) in [5.41, 5.74) is 1.50. The van der Waals surface area contributed by atoms with E-state index in [1.165, 1.54) is 11.8 Å². The molecule has 4 rings (SSSR count). The molecule has 8 nitrogen and oxygen atoms in total. The molecule has 0 aliphatic carbocycles. The molecule has 188 valence electrons. The number of aliphatic imine (C=N–C) groups is 1. The predicted molar refractivity (Wildman–Crippen MR) is 142 cm³/mol. The average Bonchev–Trinajstić information content (AvgIpc) is 3.27. The smallest absolute Gasteiger partial charge is 0.252 e. The van der Waals surface area contributed by atoms with Crippen molar-refractivity contribution in [1.82, 2.24) is 0 Å². The summed E-state index contributed by atoms with van der Waals surface area (Å²) in [6, 6.07) is 10.5. The van der Waals surface area contributed by atoms with Gasteiger partial charge in [-0.2, -0.15) is 4.99 Å². The predicted octanol–water partition coefficient (Wildman–Crippen LogP) is 4.10. The van der Waals surface area contributed by atoms with E-state index in [1.54, 1.807) is 19.2 Å². The Morgan fingerprint density at radius 2 is 1.77 bits per heavy atom. The summed E-state index contributed by atoms with van der Waals surface area (Å²) >= 11 is 4.95. The molecular weight excluding hydrogens is 556 g/mol. The van der Waals surface area contributed by atoms with Crippen molar-refractivity contribution in [3.63, 3.8) is 0 Å². The van der Waals surface area contributed by atoms with Crippen LogP contribution in [0.5, 0.6) is 17.2 Å². The molecule has 35 heavy (non-hydrogen) atoms. The highest BCUT2D eigenvalue weighted by molar-refractivity contribution is 9.10. The number of amides is 1. The number of hydrogen-bond donors (Lipinski definition) is 0. The van der Waals surface area contributed by atoms with Crippen LogP contribution in [0.4, 0.5) is 5.69 Å². The van der Waals surface area contributed by atoms with Gasteiger partial charge in [0.25, 0.3) is 5.91 Å². The van der Waals surface area contributed by atoms with Crippen LogP contribution in [0.2, 0.25) is 0 Å². The lowest BCUT2D eigenvalue weighted by molar-refractivity contribution is -0.117. The Kier molecular flexibility index (Phi) is 7.97. The minimum Gasteiger partial charge on any atom is -0.497 e. The van der Waals surface area contributed by atoms with E-state index in [0.717, 1.165) is 5.56 Å². The number of halogens is 1. The van der Waals surface area contributed by atoms with Crippen LogP contribution >= 0.6 is 27.7 Å². The van der Waals surface area contributed by atoms with Gasteiger partial charge in [-0.15, -0.1) is 0 Å². The second-order valence-electron chi connectivity index (χ2n) is 8.10. The molecule has 0 unspecified atom stereocenters. The lowest BCUT2D eigenvalue weighted by atomic mass is 10.1. The van der Waals surface area contributed by atoms with Gasteiger partial charge in [0.05, 0.1) is 50.0 Å². The summed E-state index contributed by atoms with van der Waals surface area (Å²) in [5.74, 6) is 1.59. The second-order valence-corrected chi connectivity index (χ2v) is 12.3. The number of carbonyl (C=O) groups excluding carboxylic acids is 1. The van der Waals surface area contributed by atoms with E-state index >= 15 is 0 Å². The van der Waals surface area contributed by atoms with Gasteiger partial charge in [0.1, 0.15) is 5.75 Å². The number of anilines is 1. The summed E-state index contributed by atoms with van der Waals surface area (Å²) in [5, 5.41) is 0.280. The van der Waals surface area contributed by atoms with Crippen molar-refractivity contribution in [2.75, 3.05) is 36.7 Å². The topological polar surface area (TPSA) is 94.5 Å². The van der Waals surface area contributed by atoms with Crippen molar-refractivity contribution in [2.24, 2.45) is 4.99 Å². The van der Waals surface area contributed by atoms with Crippen LogP contribution in [0, 0.1) is 0 Å². The quantitative estimate of drug-likeness (QED) is 0.459. The Labute approximate surface area is 218 Å². The highest BCUT2D eigenvalue weighted by Crippen LogP contribution is 2.46. The van der Waals surface area contributed by atoms with Crippen molar-refractivity contribution < 1.29 is 27.4 Å². The fraction of sp³-hybridized carbons (Fsp3) is 0.417. The number of sulfone groups is 1. The molecule has 11 heteroatoms. The molecule has 2 heterocycles. The molecule has 0 aromatic heterocycles. The zero-order valence-corrected chi connectivity index (χ0v) is 22.9. The number of amidine groups is 1. The number of thioether (sulfide) groups is 1. The third kappa shape index (κ3) is 5.78. The number of nitrogens with zero attached hydrogens (tertiary/aromatic N) is 2. The fourth-order valence-electron chi connectivity index (χ4n) is 4.16. The van der Waals surface area contributed by atoms with Gasteiger partial charge in [0.15, 0.2) is 26.5 Å². The summed E-state index contributed by atoms with van der Waals surface area (Å²) in [4.78, 5) is 19.2. The van der Waals surface area contributed by atoms with Gasteiger partial charge in [-0.1, -0.05) is 23.9 Å². The zero-order chi connectivity index (χ0) is 25.2. The van der Waals surface area contributed by atoms with Crippen molar-refractivity contribution in [1.29, 1.82) is 0 Å². The molecule has 0 radical (unpaired) electrons. The van der Waals surface area contributed by atoms with Crippen molar-refractivity contribution in [2.45, 2.75) is 31.6 Å². The maximum atomic E-state index is 12.9. The zero-order valence-electron chi connectivity index (χ0n) is 19.7. The van der Waals surface area contributed by atoms with Crippen LogP contribution in [-0.4, -0.2) is 62.6 Å². The van der Waals surface area contributed by atoms with Gasteiger partial charge in [-0.05, 0) is 47.5 Å². The second kappa shape index (κ2) is 10.8. The Balaban J connectivity index is 1.69. The standard InChI is InChI=1S/C24H27BrN2O6S2/c1-4-32-20-11-17(25)18(12-21(20)33-5-2)27-19-13-35(29,30)14-22(19)34-24(27)26-23(28)10-15-6-8-16(31-3)9-7-15/h6-9,11-12,19,22H,4-5,10,13-14H2,1-3H3/t19-,22-/m0/s1. The molecule has 0 spiro atoms. The van der Waals surface area contributed by atoms with Crippen LogP contribution in [0.25, 0.3) is 0 Å². The summed E-state index contributed by atoms with van der Waals surface area (Å²) in [7, 11) is -1.60. The van der Waals surface area contributed by atoms with E-state index in [4.69, 9.17) is 14.2 Å². The molecule has 2 aliphatic heterocycles. The van der Waals surface area contributed by atoms with Crippen LogP contribution in [0.3, 0.4) is 0 Å². The minimum atomic E-state index is -3.19. The van der Waals surface area contributed by atoms with Gasteiger partial charge in [-0.3, -0.25) is 4.79 Å². The number of carbonyl (C=O) groups is 1. The number of hydrogen-bond acceptors (Lipinski definition) is 7. The fourth-order valence-corrected chi connectivity index (χ4v) is 8.59. The average molecular weight is 584 g/mol. The molecule has 0 bridgehead atoms. The van der Waals surface area contributed by atoms with Gasteiger partial charge in [0.2, 0.25) is 0 Å². The molecule has 2 atom stereocenters. The van der Waals surface area contributed by atoms with Crippen molar-refractivity contribution in [3.05, 3.63) is 46.4 Å². The SMILES string of the molecule is CCOc1cc(Br)c(N2C(=NC(=O)Cc3ccc(OC)cc3)S[C@H]3CS(=O)(=O)C[C@@H]32)cc1OCC. The summed E-state index contributed by atoms with van der Waals surface area (Å²) < 4.78 is 42.2. The first-order valence-corrected chi connectivity index (χ1v) is 14.7. The van der Waals surface area contributed by atoms with E-state index in [-0.39, 0.29) is 35.1 Å². The third-order valence-corrected chi connectivity index (χ3v) is 9.52. The lowest BCUT2D eigenvalue weighted by Crippen LogP contribution is -2.38. The number of methoxy groups -OCH3 is 1. The molecule has 2 aromatic rings. The first-order valence-electron chi connectivity index (χ1n) is 11.2. The normalized spacial score (nSPS) is 21.7. The number of fused-ring (bicyclic) bond motifs is 1. The van der Waals surface area contributed by atoms with Crippen molar-refractivity contribution in [3.8, 4) is 17.2 Å². The number of rotatable bonds is 8. The summed E-state index contributed by atoms with van der Waals surface area (Å²) in [6.45, 7) is 4.69. The molecule has 2 aliphatic rings. The molecule has 2 fully saturated rings. The molecule has 2 saturated heterocycles. The van der Waals surface area contributed by atoms with Crippen LogP contribution < -0.4 is 19.1 Å². The van der Waals surface area contributed by atoms with Gasteiger partial charge in [-0.25, -0.2) is 8.42 Å². The highest BCUT2D eigenvalue weighted by Gasteiger charge is 2.50. The molecular formula is C24H27BrN2O6S2. The molecule has 0 N–H and O–H groups in total. The maximum Gasteiger partial charge on any atom is 0.252 e. The first kappa shape index (κ1) is 25.8. The Morgan fingerprint density at radius 1 is 1.11 bits per heavy atom. The summed E-state index contributed by atoms with van der Waals surface area (Å²) in [6.07, 6.45) is 0.129. The van der Waals surface area contributed by atoms with Crippen LogP contribution in [0.1, 0.15) is 19.4 Å². The Morgan fingerprint density at radius 3 is 2.40 bits per heavy atom. The largest absolute Gasteiger partial charge is 0.497 e. The molecule has 1 amide bonds. The first-order chi connectivity index (χ1) is 16.7. The van der Waals surface area contributed by atoms with E-state index in [9.17, 15) is 13.2 Å². The Hall–Kier alpha value is -2.24. The van der Waals surface area contributed by atoms with E-state index < -0.39 is 9.84 Å². The number of benzene rings is 2. The maximum absolute atomic E-state index is 12.9. The van der Waals surface area contributed by atoms with Gasteiger partial charge >= 0.3 is 0 Å². The van der Waals surface area contributed by atoms with Crippen LogP contribution in [-0.2, 0) is 21.1 Å². The van der Waals surface area contributed by atoms with Crippen molar-refractivity contribution >= 4 is 54.3 Å². The molecule has 0 saturated carbocycles. The van der Waals surface area contributed by atoms with Crippen LogP contribution in [0.15, 0.2) is 45.9 Å². The monoisotopic (exact) mass is 582 g/mol. The molecule has 2 aromatic carbocycles. The Bertz CT molecular complexity index is 1230. The lowest BCUT2D eigenvalue weighted by Gasteiger charge is -2.27.